The maximum Gasteiger partial charge on any atom is 0.0513 e. The van der Waals surface area contributed by atoms with E-state index in [1.165, 1.54) is 30.5 Å². The Kier molecular flexibility index (Phi) is 3.34. The Hall–Kier alpha value is -1.67. The van der Waals surface area contributed by atoms with Gasteiger partial charge in [0.25, 0.3) is 0 Å². The van der Waals surface area contributed by atoms with E-state index in [0.29, 0.717) is 0 Å². The molecule has 19 heavy (non-hydrogen) atoms. The fraction of sp³-hybridized carbons (Fsp3) is 0.353. The summed E-state index contributed by atoms with van der Waals surface area (Å²) in [6.45, 7) is 1.17. The molecule has 2 nitrogen and oxygen atoms in total. The van der Waals surface area contributed by atoms with Crippen molar-refractivity contribution in [1.82, 2.24) is 9.88 Å². The van der Waals surface area contributed by atoms with Gasteiger partial charge in [0, 0.05) is 12.4 Å². The molecule has 1 fully saturated rings. The third-order valence-electron chi connectivity index (χ3n) is 4.35. The zero-order valence-corrected chi connectivity index (χ0v) is 11.4. The number of rotatable bonds is 3. The zero-order valence-electron chi connectivity index (χ0n) is 11.4. The highest BCUT2D eigenvalue weighted by atomic mass is 15.2. The Morgan fingerprint density at radius 1 is 1.16 bits per heavy atom. The molecule has 0 spiro atoms. The summed E-state index contributed by atoms with van der Waals surface area (Å²) < 4.78 is 0. The molecule has 2 aromatic rings. The Balaban J connectivity index is 1.99. The van der Waals surface area contributed by atoms with Gasteiger partial charge in [0.1, 0.15) is 0 Å². The Bertz CT molecular complexity index is 523. The average Bonchev–Trinajstić information content (AvgIpc) is 2.83. The molecule has 2 heterocycles. The highest BCUT2D eigenvalue weighted by Crippen LogP contribution is 2.40. The lowest BCUT2D eigenvalue weighted by Crippen LogP contribution is -2.40. The topological polar surface area (TPSA) is 16.1 Å². The summed E-state index contributed by atoms with van der Waals surface area (Å²) in [5.74, 6) is 0. The standard InChI is InChI=1S/C17H20N2/c1-19-12-6-10-17(19,16-9-5-11-18-14-16)13-15-7-3-2-4-8-15/h2-5,7-9,11,14H,6,10,12-13H2,1H3. The number of pyridine rings is 1. The van der Waals surface area contributed by atoms with E-state index in [9.17, 15) is 0 Å². The van der Waals surface area contributed by atoms with Crippen molar-refractivity contribution in [1.29, 1.82) is 0 Å². The predicted octanol–water partition coefficient (Wildman–Crippen LogP) is 3.25. The van der Waals surface area contributed by atoms with Crippen molar-refractivity contribution < 1.29 is 0 Å². The number of hydrogen-bond acceptors (Lipinski definition) is 2. The van der Waals surface area contributed by atoms with Crippen LogP contribution in [0.3, 0.4) is 0 Å². The van der Waals surface area contributed by atoms with Crippen LogP contribution >= 0.6 is 0 Å². The van der Waals surface area contributed by atoms with Crippen molar-refractivity contribution in [2.24, 2.45) is 0 Å². The first-order chi connectivity index (χ1) is 9.31. The van der Waals surface area contributed by atoms with Crippen LogP contribution in [0.15, 0.2) is 54.9 Å². The average molecular weight is 252 g/mol. The van der Waals surface area contributed by atoms with E-state index >= 15 is 0 Å². The van der Waals surface area contributed by atoms with Gasteiger partial charge in [0.15, 0.2) is 0 Å². The highest BCUT2D eigenvalue weighted by Gasteiger charge is 2.40. The molecule has 1 atom stereocenters. The first-order valence-electron chi connectivity index (χ1n) is 6.97. The van der Waals surface area contributed by atoms with Crippen LogP contribution in [0.1, 0.15) is 24.0 Å². The van der Waals surface area contributed by atoms with Gasteiger partial charge in [-0.25, -0.2) is 0 Å². The van der Waals surface area contributed by atoms with Crippen LogP contribution in [0.2, 0.25) is 0 Å². The molecule has 0 aliphatic carbocycles. The Labute approximate surface area is 115 Å². The van der Waals surface area contributed by atoms with Crippen molar-refractivity contribution in [3.05, 3.63) is 66.0 Å². The van der Waals surface area contributed by atoms with E-state index in [4.69, 9.17) is 0 Å². The van der Waals surface area contributed by atoms with Gasteiger partial charge >= 0.3 is 0 Å². The fourth-order valence-corrected chi connectivity index (χ4v) is 3.28. The summed E-state index contributed by atoms with van der Waals surface area (Å²) in [4.78, 5) is 6.82. The van der Waals surface area contributed by atoms with Crippen molar-refractivity contribution in [2.75, 3.05) is 13.6 Å². The molecule has 1 saturated heterocycles. The lowest BCUT2D eigenvalue weighted by molar-refractivity contribution is 0.173. The number of hydrogen-bond donors (Lipinski definition) is 0. The smallest absolute Gasteiger partial charge is 0.0513 e. The summed E-state index contributed by atoms with van der Waals surface area (Å²) in [7, 11) is 2.24. The lowest BCUT2D eigenvalue weighted by atomic mass is 9.82. The minimum absolute atomic E-state index is 0.121. The zero-order chi connectivity index (χ0) is 13.1. The predicted molar refractivity (Wildman–Crippen MR) is 77.9 cm³/mol. The third-order valence-corrected chi connectivity index (χ3v) is 4.35. The molecule has 1 aliphatic heterocycles. The molecule has 1 aromatic heterocycles. The van der Waals surface area contributed by atoms with Crippen LogP contribution in [-0.2, 0) is 12.0 Å². The molecule has 2 heteroatoms. The Morgan fingerprint density at radius 2 is 2.00 bits per heavy atom. The highest BCUT2D eigenvalue weighted by molar-refractivity contribution is 5.28. The summed E-state index contributed by atoms with van der Waals surface area (Å²) in [6, 6.07) is 15.1. The minimum Gasteiger partial charge on any atom is -0.296 e. The molecule has 98 valence electrons. The number of nitrogens with zero attached hydrogens (tertiary/aromatic N) is 2. The second-order valence-corrected chi connectivity index (χ2v) is 5.46. The largest absolute Gasteiger partial charge is 0.296 e. The van der Waals surface area contributed by atoms with E-state index < -0.39 is 0 Å². The van der Waals surface area contributed by atoms with E-state index in [2.05, 4.69) is 53.3 Å². The van der Waals surface area contributed by atoms with Gasteiger partial charge in [-0.05, 0) is 50.0 Å². The summed E-state index contributed by atoms with van der Waals surface area (Å²) in [5, 5.41) is 0. The van der Waals surface area contributed by atoms with Gasteiger partial charge in [0.2, 0.25) is 0 Å². The molecule has 0 saturated carbocycles. The molecule has 1 unspecified atom stereocenters. The minimum atomic E-state index is 0.121. The summed E-state index contributed by atoms with van der Waals surface area (Å²) >= 11 is 0. The monoisotopic (exact) mass is 252 g/mol. The van der Waals surface area contributed by atoms with Gasteiger partial charge in [-0.2, -0.15) is 0 Å². The van der Waals surface area contributed by atoms with E-state index in [0.717, 1.165) is 6.42 Å². The number of likely N-dealkylation sites (N-methyl/N-ethyl adjacent to an activating group) is 1. The van der Waals surface area contributed by atoms with Gasteiger partial charge < -0.3 is 0 Å². The molecule has 3 rings (SSSR count). The first kappa shape index (κ1) is 12.4. The maximum atomic E-state index is 4.32. The molecular formula is C17H20N2. The normalized spacial score (nSPS) is 23.6. The quantitative estimate of drug-likeness (QED) is 0.833. The van der Waals surface area contributed by atoms with Crippen molar-refractivity contribution >= 4 is 0 Å². The molecular weight excluding hydrogens is 232 g/mol. The van der Waals surface area contributed by atoms with Crippen LogP contribution in [0.4, 0.5) is 0 Å². The number of benzene rings is 1. The molecule has 1 aromatic carbocycles. The molecule has 1 aliphatic rings. The van der Waals surface area contributed by atoms with Crippen LogP contribution in [0, 0.1) is 0 Å². The first-order valence-corrected chi connectivity index (χ1v) is 6.97. The molecule has 0 bridgehead atoms. The van der Waals surface area contributed by atoms with Crippen molar-refractivity contribution in [3.63, 3.8) is 0 Å². The summed E-state index contributed by atoms with van der Waals surface area (Å²) in [5.41, 5.74) is 2.87. The Morgan fingerprint density at radius 3 is 2.63 bits per heavy atom. The second-order valence-electron chi connectivity index (χ2n) is 5.46. The number of likely N-dealkylation sites (tertiary alicyclic amines) is 1. The van der Waals surface area contributed by atoms with Crippen LogP contribution in [0.25, 0.3) is 0 Å². The van der Waals surface area contributed by atoms with Gasteiger partial charge in [-0.1, -0.05) is 36.4 Å². The molecule has 0 amide bonds. The number of aromatic nitrogens is 1. The van der Waals surface area contributed by atoms with E-state index in [1.807, 2.05) is 18.5 Å². The van der Waals surface area contributed by atoms with Crippen LogP contribution < -0.4 is 0 Å². The van der Waals surface area contributed by atoms with Crippen molar-refractivity contribution in [2.45, 2.75) is 24.8 Å². The molecule has 0 radical (unpaired) electrons. The van der Waals surface area contributed by atoms with Gasteiger partial charge in [0.05, 0.1) is 5.54 Å². The molecule has 0 N–H and O–H groups in total. The second kappa shape index (κ2) is 5.14. The lowest BCUT2D eigenvalue weighted by Gasteiger charge is -2.37. The van der Waals surface area contributed by atoms with Gasteiger partial charge in [-0.15, -0.1) is 0 Å². The van der Waals surface area contributed by atoms with Crippen LogP contribution in [-0.4, -0.2) is 23.5 Å². The van der Waals surface area contributed by atoms with Crippen molar-refractivity contribution in [3.8, 4) is 0 Å². The SMILES string of the molecule is CN1CCCC1(Cc1ccccc1)c1cccnc1. The fourth-order valence-electron chi connectivity index (χ4n) is 3.28. The van der Waals surface area contributed by atoms with E-state index in [1.54, 1.807) is 0 Å². The summed E-state index contributed by atoms with van der Waals surface area (Å²) in [6.07, 6.45) is 7.43. The van der Waals surface area contributed by atoms with Gasteiger partial charge in [-0.3, -0.25) is 9.88 Å². The maximum absolute atomic E-state index is 4.32. The van der Waals surface area contributed by atoms with Crippen LogP contribution in [0.5, 0.6) is 0 Å². The third kappa shape index (κ3) is 2.28. The van der Waals surface area contributed by atoms with E-state index in [-0.39, 0.29) is 5.54 Å².